The molecule has 7 heteroatoms. The van der Waals surface area contributed by atoms with Crippen molar-refractivity contribution >= 4 is 10.2 Å². The molecule has 2 saturated heterocycles. The Hall–Kier alpha value is -0.210. The molecule has 0 aromatic heterocycles. The lowest BCUT2D eigenvalue weighted by atomic mass is 10.2. The summed E-state index contributed by atoms with van der Waals surface area (Å²) in [6, 6.07) is 0.392. The van der Waals surface area contributed by atoms with E-state index in [1.54, 1.807) is 11.4 Å². The number of aliphatic hydroxyl groups is 1. The molecule has 112 valence electrons. The zero-order chi connectivity index (χ0) is 13.9. The van der Waals surface area contributed by atoms with Crippen LogP contribution in [0.3, 0.4) is 0 Å². The van der Waals surface area contributed by atoms with E-state index in [1.165, 1.54) is 17.1 Å². The van der Waals surface area contributed by atoms with Crippen molar-refractivity contribution in [2.24, 2.45) is 0 Å². The van der Waals surface area contributed by atoms with E-state index >= 15 is 0 Å². The van der Waals surface area contributed by atoms with E-state index in [0.717, 1.165) is 19.5 Å². The van der Waals surface area contributed by atoms with Gasteiger partial charge in [-0.2, -0.15) is 17.0 Å². The van der Waals surface area contributed by atoms with Crippen molar-refractivity contribution < 1.29 is 13.5 Å². The van der Waals surface area contributed by atoms with Gasteiger partial charge in [-0.15, -0.1) is 0 Å². The maximum absolute atomic E-state index is 12.4. The van der Waals surface area contributed by atoms with Gasteiger partial charge in [0, 0.05) is 39.3 Å². The van der Waals surface area contributed by atoms with Crippen LogP contribution >= 0.6 is 0 Å². The van der Waals surface area contributed by atoms with Crippen LogP contribution in [0.2, 0.25) is 0 Å². The van der Waals surface area contributed by atoms with Gasteiger partial charge >= 0.3 is 0 Å². The molecule has 0 saturated carbocycles. The van der Waals surface area contributed by atoms with Gasteiger partial charge in [0.25, 0.3) is 10.2 Å². The van der Waals surface area contributed by atoms with E-state index in [4.69, 9.17) is 5.11 Å². The van der Waals surface area contributed by atoms with Crippen LogP contribution in [0.15, 0.2) is 0 Å². The summed E-state index contributed by atoms with van der Waals surface area (Å²) in [7, 11) is -1.75. The zero-order valence-corrected chi connectivity index (χ0v) is 12.5. The van der Waals surface area contributed by atoms with Gasteiger partial charge in [0.15, 0.2) is 0 Å². The Morgan fingerprint density at radius 1 is 1.26 bits per heavy atom. The predicted octanol–water partition coefficient (Wildman–Crippen LogP) is -0.284. The summed E-state index contributed by atoms with van der Waals surface area (Å²) in [6.45, 7) is 3.86. The first-order chi connectivity index (χ1) is 9.05. The summed E-state index contributed by atoms with van der Waals surface area (Å²) in [4.78, 5) is 2.42. The minimum absolute atomic E-state index is 0.0241. The minimum atomic E-state index is -3.34. The smallest absolute Gasteiger partial charge is 0.281 e. The van der Waals surface area contributed by atoms with Crippen LogP contribution < -0.4 is 0 Å². The molecule has 2 rings (SSSR count). The molecule has 1 unspecified atom stereocenters. The number of aliphatic hydroxyl groups excluding tert-OH is 1. The molecule has 0 aromatic rings. The van der Waals surface area contributed by atoms with Crippen LogP contribution in [-0.2, 0) is 10.2 Å². The Bertz CT molecular complexity index is 382. The molecule has 0 spiro atoms. The van der Waals surface area contributed by atoms with Crippen LogP contribution in [-0.4, -0.2) is 79.5 Å². The molecule has 2 heterocycles. The Labute approximate surface area is 116 Å². The molecule has 1 N–H and O–H groups in total. The van der Waals surface area contributed by atoms with Gasteiger partial charge in [-0.05, 0) is 38.8 Å². The summed E-state index contributed by atoms with van der Waals surface area (Å²) in [6.07, 6.45) is 3.89. The minimum Gasteiger partial charge on any atom is -0.396 e. The van der Waals surface area contributed by atoms with Crippen LogP contribution in [0, 0.1) is 0 Å². The summed E-state index contributed by atoms with van der Waals surface area (Å²) >= 11 is 0. The van der Waals surface area contributed by atoms with E-state index in [-0.39, 0.29) is 6.61 Å². The molecule has 2 fully saturated rings. The van der Waals surface area contributed by atoms with E-state index in [0.29, 0.717) is 32.1 Å². The van der Waals surface area contributed by atoms with Crippen molar-refractivity contribution in [3.05, 3.63) is 0 Å². The Balaban J connectivity index is 1.91. The second kappa shape index (κ2) is 6.49. The lowest BCUT2D eigenvalue weighted by Crippen LogP contribution is -2.43. The molecular weight excluding hydrogens is 266 g/mol. The van der Waals surface area contributed by atoms with E-state index < -0.39 is 10.2 Å². The molecular formula is C12H25N3O3S. The Kier molecular flexibility index (Phi) is 5.19. The number of hydrogen-bond donors (Lipinski definition) is 1. The largest absolute Gasteiger partial charge is 0.396 e. The van der Waals surface area contributed by atoms with Crippen LogP contribution in [0.1, 0.15) is 25.7 Å². The summed E-state index contributed by atoms with van der Waals surface area (Å²) < 4.78 is 27.6. The highest BCUT2D eigenvalue weighted by molar-refractivity contribution is 7.86. The fourth-order valence-corrected chi connectivity index (χ4v) is 4.38. The first kappa shape index (κ1) is 15.2. The second-order valence-electron chi connectivity index (χ2n) is 5.45. The third kappa shape index (κ3) is 3.46. The van der Waals surface area contributed by atoms with E-state index in [9.17, 15) is 8.42 Å². The van der Waals surface area contributed by atoms with Crippen LogP contribution in [0.4, 0.5) is 0 Å². The zero-order valence-electron chi connectivity index (χ0n) is 11.7. The van der Waals surface area contributed by atoms with Gasteiger partial charge in [-0.1, -0.05) is 0 Å². The van der Waals surface area contributed by atoms with E-state index in [1.807, 2.05) is 0 Å². The molecule has 0 aromatic carbocycles. The number of likely N-dealkylation sites (tertiary alicyclic amines) is 1. The van der Waals surface area contributed by atoms with E-state index in [2.05, 4.69) is 4.90 Å². The molecule has 2 aliphatic rings. The highest BCUT2D eigenvalue weighted by Gasteiger charge is 2.36. The Morgan fingerprint density at radius 3 is 2.58 bits per heavy atom. The summed E-state index contributed by atoms with van der Waals surface area (Å²) in [5.74, 6) is 0. The van der Waals surface area contributed by atoms with Crippen molar-refractivity contribution in [1.29, 1.82) is 0 Å². The summed E-state index contributed by atoms with van der Waals surface area (Å²) in [5.41, 5.74) is 0. The highest BCUT2D eigenvalue weighted by atomic mass is 32.2. The molecule has 19 heavy (non-hydrogen) atoms. The van der Waals surface area contributed by atoms with Crippen LogP contribution in [0.5, 0.6) is 0 Å². The molecule has 2 aliphatic heterocycles. The molecule has 1 atom stereocenters. The standard InChI is InChI=1S/C12H25N3O3S/c1-13(6-4-10-16)19(17,18)15-9-5-12(11-15)14-7-2-3-8-14/h12,16H,2-11H2,1H3. The molecule has 0 bridgehead atoms. The topological polar surface area (TPSA) is 64.1 Å². The van der Waals surface area contributed by atoms with Gasteiger partial charge in [0.1, 0.15) is 0 Å². The van der Waals surface area contributed by atoms with Crippen molar-refractivity contribution in [1.82, 2.24) is 13.5 Å². The normalized spacial score (nSPS) is 26.6. The van der Waals surface area contributed by atoms with Crippen LogP contribution in [0.25, 0.3) is 0 Å². The maximum Gasteiger partial charge on any atom is 0.281 e. The first-order valence-electron chi connectivity index (χ1n) is 7.12. The monoisotopic (exact) mass is 291 g/mol. The fourth-order valence-electron chi connectivity index (χ4n) is 2.93. The Morgan fingerprint density at radius 2 is 1.95 bits per heavy atom. The average Bonchev–Trinajstić information content (AvgIpc) is 3.04. The van der Waals surface area contributed by atoms with Crippen molar-refractivity contribution in [3.63, 3.8) is 0 Å². The number of nitrogens with zero attached hydrogens (tertiary/aromatic N) is 3. The van der Waals surface area contributed by atoms with Gasteiger partial charge in [0.05, 0.1) is 0 Å². The molecule has 0 radical (unpaired) electrons. The molecule has 6 nitrogen and oxygen atoms in total. The van der Waals surface area contributed by atoms with Crippen molar-refractivity contribution in [3.8, 4) is 0 Å². The first-order valence-corrected chi connectivity index (χ1v) is 8.51. The summed E-state index contributed by atoms with van der Waals surface area (Å²) in [5, 5.41) is 8.79. The quantitative estimate of drug-likeness (QED) is 0.731. The number of hydrogen-bond acceptors (Lipinski definition) is 4. The lowest BCUT2D eigenvalue weighted by molar-refractivity contribution is 0.247. The number of rotatable bonds is 6. The molecule has 0 amide bonds. The van der Waals surface area contributed by atoms with Gasteiger partial charge in [-0.3, -0.25) is 4.90 Å². The highest BCUT2D eigenvalue weighted by Crippen LogP contribution is 2.23. The SMILES string of the molecule is CN(CCCO)S(=O)(=O)N1CCC(N2CCCC2)C1. The van der Waals surface area contributed by atoms with Crippen molar-refractivity contribution in [2.75, 3.05) is 46.4 Å². The third-order valence-corrected chi connectivity index (χ3v) is 6.09. The maximum atomic E-state index is 12.4. The molecule has 0 aliphatic carbocycles. The van der Waals surface area contributed by atoms with Gasteiger partial charge < -0.3 is 5.11 Å². The van der Waals surface area contributed by atoms with Crippen molar-refractivity contribution in [2.45, 2.75) is 31.7 Å². The average molecular weight is 291 g/mol. The predicted molar refractivity (Wildman–Crippen MR) is 74.0 cm³/mol. The fraction of sp³-hybridized carbons (Fsp3) is 1.00. The lowest BCUT2D eigenvalue weighted by Gasteiger charge is -2.26. The third-order valence-electron chi connectivity index (χ3n) is 4.13. The second-order valence-corrected chi connectivity index (χ2v) is 7.49. The van der Waals surface area contributed by atoms with Gasteiger partial charge in [0.2, 0.25) is 0 Å². The van der Waals surface area contributed by atoms with Gasteiger partial charge in [-0.25, -0.2) is 0 Å².